The Kier molecular flexibility index (Phi) is 5.15. The van der Waals surface area contributed by atoms with Gasteiger partial charge in [0.05, 0.1) is 47.0 Å². The highest BCUT2D eigenvalue weighted by atomic mass is 19.3. The summed E-state index contributed by atoms with van der Waals surface area (Å²) in [5.41, 5.74) is 11.2. The maximum Gasteiger partial charge on any atom is 0.260 e. The highest BCUT2D eigenvalue weighted by molar-refractivity contribution is 6.12. The van der Waals surface area contributed by atoms with Crippen LogP contribution < -0.4 is 5.73 Å². The number of hydrogen-bond acceptors (Lipinski definition) is 5. The number of aryl methyl sites for hydroxylation is 1. The second kappa shape index (κ2) is 8.27. The Balaban J connectivity index is 1.25. The van der Waals surface area contributed by atoms with Gasteiger partial charge in [0, 0.05) is 30.9 Å². The van der Waals surface area contributed by atoms with Gasteiger partial charge in [-0.05, 0) is 48.9 Å². The number of aromatic amines is 1. The van der Waals surface area contributed by atoms with Gasteiger partial charge in [0.25, 0.3) is 5.92 Å². The summed E-state index contributed by atoms with van der Waals surface area (Å²) in [5, 5.41) is 5.21. The van der Waals surface area contributed by atoms with Crippen LogP contribution >= 0.6 is 0 Å². The molecule has 4 heterocycles. The standard InChI is InChI=1S/C26H25F2N7O/c1-33-15-30-21-11-18(5-6-23(21)33)35-25(29)19(12-31-35)24(36)22-10-17-4-3-16(9-20(17)32-22)13-34-8-2-7-26(27,28)14-34/h3-6,9-12,15,32H,2,7-8,13-14,29H2,1H3. The van der Waals surface area contributed by atoms with Crippen molar-refractivity contribution in [1.29, 1.82) is 0 Å². The molecule has 0 saturated carbocycles. The van der Waals surface area contributed by atoms with E-state index in [0.29, 0.717) is 36.5 Å². The molecule has 3 aromatic heterocycles. The number of hydrogen-bond donors (Lipinski definition) is 2. The van der Waals surface area contributed by atoms with Crippen LogP contribution in [0.25, 0.3) is 27.6 Å². The fourth-order valence-electron chi connectivity index (χ4n) is 4.97. The van der Waals surface area contributed by atoms with Gasteiger partial charge in [0.1, 0.15) is 5.82 Å². The van der Waals surface area contributed by atoms with E-state index in [1.165, 1.54) is 10.9 Å². The van der Waals surface area contributed by atoms with E-state index in [1.54, 1.807) is 17.3 Å². The number of nitrogens with one attached hydrogen (secondary N) is 1. The summed E-state index contributed by atoms with van der Waals surface area (Å²) in [6.45, 7) is 0.864. The SMILES string of the molecule is Cn1cnc2cc(-n3ncc(C(=O)c4cc5ccc(CN6CCCC(F)(F)C6)cc5[nH]4)c3N)ccc21. The molecule has 6 rings (SSSR count). The molecule has 36 heavy (non-hydrogen) atoms. The number of aromatic nitrogens is 5. The molecule has 1 aliphatic heterocycles. The highest BCUT2D eigenvalue weighted by Crippen LogP contribution is 2.29. The summed E-state index contributed by atoms with van der Waals surface area (Å²) in [6, 6.07) is 13.2. The van der Waals surface area contributed by atoms with Crippen molar-refractivity contribution in [1.82, 2.24) is 29.2 Å². The first-order chi connectivity index (χ1) is 17.3. The zero-order valence-electron chi connectivity index (χ0n) is 19.7. The van der Waals surface area contributed by atoms with Gasteiger partial charge >= 0.3 is 0 Å². The number of likely N-dealkylation sites (tertiary alicyclic amines) is 1. The molecule has 184 valence electrons. The van der Waals surface area contributed by atoms with Crippen molar-refractivity contribution in [3.63, 3.8) is 0 Å². The Morgan fingerprint density at radius 3 is 2.89 bits per heavy atom. The lowest BCUT2D eigenvalue weighted by atomic mass is 10.1. The van der Waals surface area contributed by atoms with E-state index in [4.69, 9.17) is 5.73 Å². The van der Waals surface area contributed by atoms with Crippen LogP contribution in [-0.2, 0) is 13.6 Å². The van der Waals surface area contributed by atoms with E-state index in [1.807, 2.05) is 48.0 Å². The number of nitrogens with two attached hydrogens (primary N) is 1. The number of nitrogen functional groups attached to an aromatic ring is 1. The average molecular weight is 490 g/mol. The number of H-pyrrole nitrogens is 1. The summed E-state index contributed by atoms with van der Waals surface area (Å²) in [4.78, 5) is 22.6. The van der Waals surface area contributed by atoms with Crippen LogP contribution in [-0.4, -0.2) is 54.0 Å². The predicted molar refractivity (Wildman–Crippen MR) is 133 cm³/mol. The van der Waals surface area contributed by atoms with E-state index in [2.05, 4.69) is 15.1 Å². The fourth-order valence-corrected chi connectivity index (χ4v) is 4.97. The first-order valence-electron chi connectivity index (χ1n) is 11.8. The van der Waals surface area contributed by atoms with Crippen LogP contribution in [0.2, 0.25) is 0 Å². The van der Waals surface area contributed by atoms with Crippen molar-refractivity contribution in [2.45, 2.75) is 25.3 Å². The van der Waals surface area contributed by atoms with E-state index >= 15 is 0 Å². The van der Waals surface area contributed by atoms with Gasteiger partial charge in [0.2, 0.25) is 5.78 Å². The van der Waals surface area contributed by atoms with Crippen molar-refractivity contribution in [3.05, 3.63) is 71.8 Å². The third-order valence-corrected chi connectivity index (χ3v) is 6.81. The molecule has 10 heteroatoms. The number of imidazole rings is 1. The fraction of sp³-hybridized carbons (Fsp3) is 0.269. The maximum atomic E-state index is 13.8. The van der Waals surface area contributed by atoms with Crippen LogP contribution in [0.1, 0.15) is 34.5 Å². The molecule has 2 aromatic carbocycles. The number of nitrogens with zero attached hydrogens (tertiary/aromatic N) is 5. The molecule has 1 saturated heterocycles. The molecule has 8 nitrogen and oxygen atoms in total. The summed E-state index contributed by atoms with van der Waals surface area (Å²) < 4.78 is 31.0. The normalized spacial score (nSPS) is 16.2. The van der Waals surface area contributed by atoms with Crippen LogP contribution in [0.3, 0.4) is 0 Å². The molecule has 0 bridgehead atoms. The summed E-state index contributed by atoms with van der Waals surface area (Å²) in [7, 11) is 1.92. The minimum absolute atomic E-state index is 0.0535. The van der Waals surface area contributed by atoms with Crippen LogP contribution in [0.4, 0.5) is 14.6 Å². The number of rotatable bonds is 5. The molecular formula is C26H25F2N7O. The zero-order valence-corrected chi connectivity index (χ0v) is 19.7. The Morgan fingerprint density at radius 2 is 2.06 bits per heavy atom. The smallest absolute Gasteiger partial charge is 0.260 e. The van der Waals surface area contributed by atoms with Crippen molar-refractivity contribution < 1.29 is 13.6 Å². The number of carbonyl (C=O) groups is 1. The molecule has 0 amide bonds. The second-order valence-electron chi connectivity index (χ2n) is 9.49. The summed E-state index contributed by atoms with van der Waals surface area (Å²) in [5.74, 6) is -2.67. The first-order valence-corrected chi connectivity index (χ1v) is 11.8. The van der Waals surface area contributed by atoms with Gasteiger partial charge < -0.3 is 15.3 Å². The highest BCUT2D eigenvalue weighted by Gasteiger charge is 2.34. The molecular weight excluding hydrogens is 464 g/mol. The molecule has 1 fully saturated rings. The van der Waals surface area contributed by atoms with E-state index in [0.717, 1.165) is 27.5 Å². The molecule has 0 atom stereocenters. The number of carbonyl (C=O) groups excluding carboxylic acids is 1. The second-order valence-corrected chi connectivity index (χ2v) is 9.49. The van der Waals surface area contributed by atoms with Gasteiger partial charge in [-0.3, -0.25) is 9.69 Å². The third-order valence-electron chi connectivity index (χ3n) is 6.81. The Morgan fingerprint density at radius 1 is 1.19 bits per heavy atom. The van der Waals surface area contributed by atoms with Gasteiger partial charge in [-0.2, -0.15) is 5.10 Å². The van der Waals surface area contributed by atoms with Crippen LogP contribution in [0.15, 0.2) is 55.0 Å². The summed E-state index contributed by atoms with van der Waals surface area (Å²) >= 11 is 0. The largest absolute Gasteiger partial charge is 0.383 e. The van der Waals surface area contributed by atoms with Crippen molar-refractivity contribution >= 4 is 33.5 Å². The van der Waals surface area contributed by atoms with Gasteiger partial charge in [-0.25, -0.2) is 18.4 Å². The topological polar surface area (TPSA) is 97.8 Å². The molecule has 3 N–H and O–H groups in total. The maximum absolute atomic E-state index is 13.8. The lowest BCUT2D eigenvalue weighted by molar-refractivity contribution is -0.0661. The van der Waals surface area contributed by atoms with Gasteiger partial charge in [0.15, 0.2) is 0 Å². The number of halogens is 2. The van der Waals surface area contributed by atoms with Crippen LogP contribution in [0.5, 0.6) is 0 Å². The number of ketones is 1. The average Bonchev–Trinajstić information content (AvgIpc) is 3.54. The van der Waals surface area contributed by atoms with E-state index in [9.17, 15) is 13.6 Å². The van der Waals surface area contributed by atoms with Crippen molar-refractivity contribution in [3.8, 4) is 5.69 Å². The molecule has 0 radical (unpaired) electrons. The molecule has 1 aliphatic rings. The van der Waals surface area contributed by atoms with Gasteiger partial charge in [-0.15, -0.1) is 0 Å². The monoisotopic (exact) mass is 489 g/mol. The number of fused-ring (bicyclic) bond motifs is 2. The lowest BCUT2D eigenvalue weighted by Crippen LogP contribution is -2.41. The molecule has 0 unspecified atom stereocenters. The Labute approximate surface area is 205 Å². The predicted octanol–water partition coefficient (Wildman–Crippen LogP) is 4.28. The van der Waals surface area contributed by atoms with E-state index in [-0.39, 0.29) is 24.6 Å². The third kappa shape index (κ3) is 3.93. The van der Waals surface area contributed by atoms with E-state index < -0.39 is 5.92 Å². The van der Waals surface area contributed by atoms with Crippen molar-refractivity contribution in [2.75, 3.05) is 18.8 Å². The van der Waals surface area contributed by atoms with Crippen LogP contribution in [0, 0.1) is 0 Å². The van der Waals surface area contributed by atoms with Gasteiger partial charge in [-0.1, -0.05) is 12.1 Å². The minimum atomic E-state index is -2.64. The Hall–Kier alpha value is -4.05. The Bertz CT molecular complexity index is 1610. The number of alkyl halides is 2. The number of benzene rings is 2. The molecule has 0 aliphatic carbocycles. The summed E-state index contributed by atoms with van der Waals surface area (Å²) in [6.07, 6.45) is 3.63. The number of piperidine rings is 1. The lowest BCUT2D eigenvalue weighted by Gasteiger charge is -2.32. The van der Waals surface area contributed by atoms with Crippen molar-refractivity contribution in [2.24, 2.45) is 7.05 Å². The zero-order chi connectivity index (χ0) is 25.0. The molecule has 0 spiro atoms. The quantitative estimate of drug-likeness (QED) is 0.359. The molecule has 5 aromatic rings. The first kappa shape index (κ1) is 22.4. The minimum Gasteiger partial charge on any atom is -0.383 e. The number of anilines is 1.